The molecular weight excluding hydrogens is 266 g/mol. The van der Waals surface area contributed by atoms with E-state index in [1.54, 1.807) is 24.3 Å². The first-order valence-corrected chi connectivity index (χ1v) is 7.79. The lowest BCUT2D eigenvalue weighted by Crippen LogP contribution is -2.13. The second kappa shape index (κ2) is 13.6. The van der Waals surface area contributed by atoms with Crippen molar-refractivity contribution in [2.75, 3.05) is 13.1 Å². The van der Waals surface area contributed by atoms with E-state index in [1.807, 2.05) is 13.0 Å². The first-order valence-electron chi connectivity index (χ1n) is 7.79. The van der Waals surface area contributed by atoms with Crippen molar-refractivity contribution in [2.24, 2.45) is 0 Å². The van der Waals surface area contributed by atoms with Crippen LogP contribution in [0.3, 0.4) is 0 Å². The van der Waals surface area contributed by atoms with Gasteiger partial charge in [0.15, 0.2) is 0 Å². The SMILES string of the molecule is CCCCC(C)OOC(=O)c1ccccc1.CCNCC. The molecule has 1 unspecified atom stereocenters. The Bertz CT molecular complexity index is 352. The van der Waals surface area contributed by atoms with Gasteiger partial charge in [-0.2, -0.15) is 4.89 Å². The number of carbonyl (C=O) groups excluding carboxylic acids is 1. The highest BCUT2D eigenvalue weighted by Gasteiger charge is 2.10. The van der Waals surface area contributed by atoms with Gasteiger partial charge in [-0.25, -0.2) is 4.79 Å². The predicted octanol–water partition coefficient (Wildman–Crippen LogP) is 3.97. The van der Waals surface area contributed by atoms with Gasteiger partial charge >= 0.3 is 5.97 Å². The first kappa shape index (κ1) is 19.6. The molecule has 0 aliphatic carbocycles. The van der Waals surface area contributed by atoms with Crippen LogP contribution < -0.4 is 5.32 Å². The topological polar surface area (TPSA) is 47.6 Å². The van der Waals surface area contributed by atoms with Crippen molar-refractivity contribution in [3.8, 4) is 0 Å². The number of hydrogen-bond acceptors (Lipinski definition) is 4. The second-order valence-electron chi connectivity index (χ2n) is 4.74. The molecule has 0 fully saturated rings. The average molecular weight is 295 g/mol. The molecule has 0 heterocycles. The summed E-state index contributed by atoms with van der Waals surface area (Å²) in [6.07, 6.45) is 3.04. The summed E-state index contributed by atoms with van der Waals surface area (Å²) in [5.41, 5.74) is 0.505. The van der Waals surface area contributed by atoms with Gasteiger partial charge in [0.05, 0.1) is 5.56 Å². The van der Waals surface area contributed by atoms with Gasteiger partial charge in [-0.3, -0.25) is 4.89 Å². The molecule has 0 aromatic heterocycles. The summed E-state index contributed by atoms with van der Waals surface area (Å²) in [5, 5.41) is 3.11. The fraction of sp³-hybridized carbons (Fsp3) is 0.588. The van der Waals surface area contributed by atoms with E-state index < -0.39 is 5.97 Å². The van der Waals surface area contributed by atoms with E-state index in [1.165, 1.54) is 0 Å². The van der Waals surface area contributed by atoms with Crippen LogP contribution >= 0.6 is 0 Å². The maximum atomic E-state index is 11.5. The fourth-order valence-corrected chi connectivity index (χ4v) is 1.54. The molecule has 120 valence electrons. The Labute approximate surface area is 128 Å². The van der Waals surface area contributed by atoms with E-state index in [0.29, 0.717) is 5.56 Å². The molecule has 0 amide bonds. The summed E-state index contributed by atoms with van der Waals surface area (Å²) in [6.45, 7) is 10.4. The fourth-order valence-electron chi connectivity index (χ4n) is 1.54. The van der Waals surface area contributed by atoms with Crippen LogP contribution in [0.5, 0.6) is 0 Å². The Morgan fingerprint density at radius 3 is 2.24 bits per heavy atom. The van der Waals surface area contributed by atoms with Crippen molar-refractivity contribution in [3.05, 3.63) is 35.9 Å². The molecule has 0 bridgehead atoms. The third-order valence-electron chi connectivity index (χ3n) is 2.76. The molecule has 0 aliphatic rings. The smallest absolute Gasteiger partial charge is 0.317 e. The Hall–Kier alpha value is -1.39. The van der Waals surface area contributed by atoms with Crippen LogP contribution in [-0.4, -0.2) is 25.2 Å². The number of unbranched alkanes of at least 4 members (excludes halogenated alkanes) is 1. The molecule has 0 radical (unpaired) electrons. The standard InChI is InChI=1S/C13H18O3.C4H11N/c1-3-4-8-11(2)15-16-13(14)12-9-6-5-7-10-12;1-3-5-4-2/h5-7,9-11H,3-4,8H2,1-2H3;5H,3-4H2,1-2H3. The molecule has 0 aliphatic heterocycles. The molecule has 1 aromatic carbocycles. The van der Waals surface area contributed by atoms with Crippen molar-refractivity contribution in [2.45, 2.75) is 53.1 Å². The molecule has 1 atom stereocenters. The minimum Gasteiger partial charge on any atom is -0.317 e. The highest BCUT2D eigenvalue weighted by Crippen LogP contribution is 2.07. The zero-order valence-corrected chi connectivity index (χ0v) is 13.7. The summed E-state index contributed by atoms with van der Waals surface area (Å²) in [6, 6.07) is 8.82. The van der Waals surface area contributed by atoms with Gasteiger partial charge in [-0.15, -0.1) is 0 Å². The molecule has 0 saturated carbocycles. The number of carbonyl (C=O) groups is 1. The third-order valence-corrected chi connectivity index (χ3v) is 2.76. The van der Waals surface area contributed by atoms with E-state index in [9.17, 15) is 4.79 Å². The highest BCUT2D eigenvalue weighted by atomic mass is 17.2. The van der Waals surface area contributed by atoms with Crippen LogP contribution in [-0.2, 0) is 9.78 Å². The van der Waals surface area contributed by atoms with Crippen molar-refractivity contribution >= 4 is 5.97 Å². The molecule has 1 aromatic rings. The molecule has 4 nitrogen and oxygen atoms in total. The number of benzene rings is 1. The van der Waals surface area contributed by atoms with Crippen LogP contribution in [0, 0.1) is 0 Å². The van der Waals surface area contributed by atoms with E-state index in [0.717, 1.165) is 32.4 Å². The van der Waals surface area contributed by atoms with Gasteiger partial charge in [0.1, 0.15) is 6.10 Å². The van der Waals surface area contributed by atoms with Crippen LogP contribution in [0.1, 0.15) is 57.3 Å². The molecule has 0 saturated heterocycles. The Balaban J connectivity index is 0.000000690. The first-order chi connectivity index (χ1) is 10.2. The summed E-state index contributed by atoms with van der Waals surface area (Å²) >= 11 is 0. The maximum Gasteiger partial charge on any atom is 0.373 e. The van der Waals surface area contributed by atoms with Crippen LogP contribution in [0.2, 0.25) is 0 Å². The number of rotatable bonds is 8. The van der Waals surface area contributed by atoms with E-state index in [4.69, 9.17) is 9.78 Å². The minimum absolute atomic E-state index is 0.0485. The van der Waals surface area contributed by atoms with E-state index >= 15 is 0 Å². The zero-order valence-electron chi connectivity index (χ0n) is 13.7. The molecule has 1 rings (SSSR count). The van der Waals surface area contributed by atoms with Crippen LogP contribution in [0.25, 0.3) is 0 Å². The summed E-state index contributed by atoms with van der Waals surface area (Å²) < 4.78 is 0. The van der Waals surface area contributed by atoms with Crippen LogP contribution in [0.4, 0.5) is 0 Å². The molecule has 0 spiro atoms. The second-order valence-corrected chi connectivity index (χ2v) is 4.74. The normalized spacial score (nSPS) is 11.2. The Morgan fingerprint density at radius 1 is 1.14 bits per heavy atom. The summed E-state index contributed by atoms with van der Waals surface area (Å²) in [4.78, 5) is 21.2. The van der Waals surface area contributed by atoms with E-state index in [-0.39, 0.29) is 6.10 Å². The number of hydrogen-bond donors (Lipinski definition) is 1. The molecular formula is C17H29NO3. The van der Waals surface area contributed by atoms with Gasteiger partial charge < -0.3 is 5.32 Å². The lowest BCUT2D eigenvalue weighted by atomic mass is 10.2. The highest BCUT2D eigenvalue weighted by molar-refractivity contribution is 5.88. The van der Waals surface area contributed by atoms with Crippen molar-refractivity contribution in [1.29, 1.82) is 0 Å². The van der Waals surface area contributed by atoms with Crippen molar-refractivity contribution < 1.29 is 14.6 Å². The average Bonchev–Trinajstić information content (AvgIpc) is 2.52. The minimum atomic E-state index is -0.441. The van der Waals surface area contributed by atoms with Gasteiger partial charge in [-0.05, 0) is 38.6 Å². The van der Waals surface area contributed by atoms with Crippen LogP contribution in [0.15, 0.2) is 30.3 Å². The summed E-state index contributed by atoms with van der Waals surface area (Å²) in [7, 11) is 0. The number of nitrogens with one attached hydrogen (secondary N) is 1. The molecule has 21 heavy (non-hydrogen) atoms. The van der Waals surface area contributed by atoms with Gasteiger partial charge in [0.25, 0.3) is 0 Å². The van der Waals surface area contributed by atoms with Gasteiger partial charge in [0, 0.05) is 0 Å². The maximum absolute atomic E-state index is 11.5. The molecule has 1 N–H and O–H groups in total. The quantitative estimate of drug-likeness (QED) is 0.582. The Kier molecular flexibility index (Phi) is 12.7. The van der Waals surface area contributed by atoms with Crippen molar-refractivity contribution in [1.82, 2.24) is 5.32 Å². The van der Waals surface area contributed by atoms with E-state index in [2.05, 4.69) is 26.1 Å². The van der Waals surface area contributed by atoms with Gasteiger partial charge in [-0.1, -0.05) is 51.8 Å². The largest absolute Gasteiger partial charge is 0.373 e. The Morgan fingerprint density at radius 2 is 1.76 bits per heavy atom. The van der Waals surface area contributed by atoms with Gasteiger partial charge in [0.2, 0.25) is 0 Å². The predicted molar refractivity (Wildman–Crippen MR) is 86.1 cm³/mol. The summed E-state index contributed by atoms with van der Waals surface area (Å²) in [5.74, 6) is -0.441. The lowest BCUT2D eigenvalue weighted by molar-refractivity contribution is -0.271. The monoisotopic (exact) mass is 295 g/mol. The lowest BCUT2D eigenvalue weighted by Gasteiger charge is -2.10. The van der Waals surface area contributed by atoms with Crippen molar-refractivity contribution in [3.63, 3.8) is 0 Å². The molecule has 4 heteroatoms. The third kappa shape index (κ3) is 11.0. The zero-order chi connectivity index (χ0) is 15.9.